The first-order valence-electron chi connectivity index (χ1n) is 7.18. The lowest BCUT2D eigenvalue weighted by atomic mass is 10.2. The number of carbonyl (C=O) groups is 2. The highest BCUT2D eigenvalue weighted by molar-refractivity contribution is 5.95. The molecule has 4 rings (SSSR count). The van der Waals surface area contributed by atoms with E-state index in [4.69, 9.17) is 14.6 Å². The quantitative estimate of drug-likeness (QED) is 0.839. The van der Waals surface area contributed by atoms with Gasteiger partial charge in [-0.15, -0.1) is 0 Å². The Kier molecular flexibility index (Phi) is 4.42. The van der Waals surface area contributed by atoms with Crippen LogP contribution in [0.5, 0.6) is 11.5 Å². The van der Waals surface area contributed by atoms with Gasteiger partial charge in [-0.1, -0.05) is 12.1 Å². The van der Waals surface area contributed by atoms with Crippen LogP contribution in [0.15, 0.2) is 47.5 Å². The number of carboxylic acid groups (broad SMARTS) is 1. The zero-order valence-corrected chi connectivity index (χ0v) is 12.6. The van der Waals surface area contributed by atoms with E-state index in [0.29, 0.717) is 18.0 Å². The Morgan fingerprint density at radius 2 is 1.96 bits per heavy atom. The van der Waals surface area contributed by atoms with Gasteiger partial charge in [0, 0.05) is 6.21 Å². The molecule has 2 N–H and O–H groups in total. The summed E-state index contributed by atoms with van der Waals surface area (Å²) in [6, 6.07) is 12.0. The molecule has 0 spiro atoms. The number of nitrogens with zero attached hydrogens (tertiary/aromatic N) is 1. The average molecular weight is 326 g/mol. The van der Waals surface area contributed by atoms with Gasteiger partial charge in [0.2, 0.25) is 0 Å². The number of benzene rings is 2. The molecule has 7 nitrogen and oxygen atoms in total. The smallest absolute Gasteiger partial charge is 0.335 e. The maximum absolute atomic E-state index is 10.8. The van der Waals surface area contributed by atoms with Gasteiger partial charge in [0.1, 0.15) is 23.8 Å². The van der Waals surface area contributed by atoms with Gasteiger partial charge in [-0.05, 0) is 30.3 Å². The largest absolute Gasteiger partial charge is 0.486 e. The molecular weight excluding hydrogens is 312 g/mol. The summed E-state index contributed by atoms with van der Waals surface area (Å²) in [7, 11) is 0. The maximum atomic E-state index is 10.8. The highest BCUT2D eigenvalue weighted by Gasteiger charge is 2.13. The fourth-order valence-corrected chi connectivity index (χ4v) is 2.16. The Hall–Kier alpha value is -3.35. The number of carbonyl (C=O) groups excluding carboxylic acids is 1. The van der Waals surface area contributed by atoms with Crippen molar-refractivity contribution in [1.29, 1.82) is 0 Å². The van der Waals surface area contributed by atoms with Crippen LogP contribution >= 0.6 is 0 Å². The first kappa shape index (κ1) is 15.5. The number of amides is 1. The summed E-state index contributed by atoms with van der Waals surface area (Å²) < 4.78 is 10.3. The van der Waals surface area contributed by atoms with E-state index in [1.807, 2.05) is 24.3 Å². The molecule has 0 saturated carbocycles. The van der Waals surface area contributed by atoms with Gasteiger partial charge in [0.05, 0.1) is 11.3 Å². The predicted molar refractivity (Wildman–Crippen MR) is 87.6 cm³/mol. The average Bonchev–Trinajstić information content (AvgIpc) is 2.61. The van der Waals surface area contributed by atoms with E-state index in [1.165, 1.54) is 12.1 Å². The third kappa shape index (κ3) is 3.52. The lowest BCUT2D eigenvalue weighted by Gasteiger charge is -2.16. The lowest BCUT2D eigenvalue weighted by molar-refractivity contribution is -0.118. The summed E-state index contributed by atoms with van der Waals surface area (Å²) in [5.74, 6) is 0.326. The van der Waals surface area contributed by atoms with Crippen LogP contribution in [-0.4, -0.2) is 36.4 Å². The first-order valence-corrected chi connectivity index (χ1v) is 7.18. The van der Waals surface area contributed by atoms with Crippen LogP contribution < -0.4 is 14.8 Å². The molecule has 24 heavy (non-hydrogen) atoms. The highest BCUT2D eigenvalue weighted by Crippen LogP contribution is 2.30. The van der Waals surface area contributed by atoms with Crippen molar-refractivity contribution in [2.24, 2.45) is 4.99 Å². The van der Waals surface area contributed by atoms with Crippen LogP contribution in [0.25, 0.3) is 0 Å². The number of nitrogens with one attached hydrogen (secondary N) is 1. The minimum absolute atomic E-state index is 0.0938. The van der Waals surface area contributed by atoms with Gasteiger partial charge < -0.3 is 19.9 Å². The summed E-state index contributed by atoms with van der Waals surface area (Å²) >= 11 is 0. The van der Waals surface area contributed by atoms with E-state index in [9.17, 15) is 9.59 Å². The molecule has 2 aromatic rings. The second-order valence-electron chi connectivity index (χ2n) is 4.94. The molecule has 0 unspecified atom stereocenters. The Labute approximate surface area is 137 Å². The fraction of sp³-hybridized carbons (Fsp3) is 0.118. The molecule has 0 atom stereocenters. The number of rotatable bonds is 1. The molecule has 2 heterocycles. The minimum Gasteiger partial charge on any atom is -0.486 e. The highest BCUT2D eigenvalue weighted by atomic mass is 16.5. The van der Waals surface area contributed by atoms with Crippen molar-refractivity contribution in [2.45, 2.75) is 0 Å². The third-order valence-corrected chi connectivity index (χ3v) is 3.27. The summed E-state index contributed by atoms with van der Waals surface area (Å²) in [5.41, 5.74) is 1.55. The van der Waals surface area contributed by atoms with Crippen molar-refractivity contribution in [3.63, 3.8) is 0 Å². The van der Waals surface area contributed by atoms with Gasteiger partial charge in [-0.2, -0.15) is 0 Å². The van der Waals surface area contributed by atoms with Crippen molar-refractivity contribution in [3.05, 3.63) is 48.0 Å². The van der Waals surface area contributed by atoms with Gasteiger partial charge in [0.25, 0.3) is 5.91 Å². The molecule has 0 fully saturated rings. The van der Waals surface area contributed by atoms with Gasteiger partial charge in [-0.3, -0.25) is 9.79 Å². The number of carboxylic acids is 1. The Morgan fingerprint density at radius 3 is 2.79 bits per heavy atom. The predicted octanol–water partition coefficient (Wildman–Crippen LogP) is 2.50. The second kappa shape index (κ2) is 6.82. The number of fused-ring (bicyclic) bond motifs is 2. The number of aliphatic imine (C=N–C) groups is 1. The third-order valence-electron chi connectivity index (χ3n) is 3.27. The molecule has 0 saturated heterocycles. The van der Waals surface area contributed by atoms with Crippen LogP contribution in [0.4, 0.5) is 11.4 Å². The van der Waals surface area contributed by atoms with Crippen molar-refractivity contribution >= 4 is 29.5 Å². The van der Waals surface area contributed by atoms with Gasteiger partial charge in [0.15, 0.2) is 6.61 Å². The minimum atomic E-state index is -0.955. The zero-order chi connectivity index (χ0) is 16.9. The van der Waals surface area contributed by atoms with E-state index in [-0.39, 0.29) is 18.1 Å². The van der Waals surface area contributed by atoms with Crippen molar-refractivity contribution in [3.8, 4) is 11.5 Å². The summed E-state index contributed by atoms with van der Waals surface area (Å²) in [5, 5.41) is 11.4. The molecule has 2 aliphatic heterocycles. The van der Waals surface area contributed by atoms with E-state index >= 15 is 0 Å². The van der Waals surface area contributed by atoms with Gasteiger partial charge >= 0.3 is 5.97 Å². The standard InChI is InChI=1S/C9H7NO3.C8H7NO2/c11-9(12)6-1-2-8-7(5-6)10-3-4-13-8;10-8-5-11-7-4-2-1-3-6(7)9-8/h1-3,5H,4H2,(H,11,12);1-4H,5H2,(H,9,10). The van der Waals surface area contributed by atoms with Crippen LogP contribution in [0, 0.1) is 0 Å². The van der Waals surface area contributed by atoms with Crippen LogP contribution in [-0.2, 0) is 4.79 Å². The van der Waals surface area contributed by atoms with Crippen molar-refractivity contribution < 1.29 is 24.2 Å². The fourth-order valence-electron chi connectivity index (χ4n) is 2.16. The number of hydrogen-bond donors (Lipinski definition) is 2. The maximum Gasteiger partial charge on any atom is 0.335 e. The molecule has 1 amide bonds. The first-order chi connectivity index (χ1) is 11.6. The zero-order valence-electron chi connectivity index (χ0n) is 12.6. The molecule has 0 aromatic heterocycles. The van der Waals surface area contributed by atoms with E-state index < -0.39 is 5.97 Å². The molecule has 2 aromatic carbocycles. The topological polar surface area (TPSA) is 97.2 Å². The molecule has 0 radical (unpaired) electrons. The monoisotopic (exact) mass is 326 g/mol. The second-order valence-corrected chi connectivity index (χ2v) is 4.94. The van der Waals surface area contributed by atoms with Crippen molar-refractivity contribution in [2.75, 3.05) is 18.5 Å². The molecule has 7 heteroatoms. The van der Waals surface area contributed by atoms with E-state index in [2.05, 4.69) is 10.3 Å². The Balaban J connectivity index is 0.000000143. The number of hydrogen-bond acceptors (Lipinski definition) is 5. The molecule has 2 aliphatic rings. The number of anilines is 1. The molecule has 0 bridgehead atoms. The number of ether oxygens (including phenoxy) is 2. The molecule has 0 aliphatic carbocycles. The molecular formula is C17H14N2O5. The normalized spacial score (nSPS) is 13.9. The SMILES string of the molecule is O=C(O)c1ccc2c(c1)N=CCO2.O=C1COc2ccccc2N1. The summed E-state index contributed by atoms with van der Waals surface area (Å²) in [6.07, 6.45) is 1.61. The van der Waals surface area contributed by atoms with Crippen molar-refractivity contribution in [1.82, 2.24) is 0 Å². The summed E-state index contributed by atoms with van der Waals surface area (Å²) in [4.78, 5) is 25.4. The van der Waals surface area contributed by atoms with Crippen LogP contribution in [0.2, 0.25) is 0 Å². The Bertz CT molecular complexity index is 816. The van der Waals surface area contributed by atoms with Crippen LogP contribution in [0.1, 0.15) is 10.4 Å². The molecule has 122 valence electrons. The lowest BCUT2D eigenvalue weighted by Crippen LogP contribution is -2.25. The summed E-state index contributed by atoms with van der Waals surface area (Å²) in [6.45, 7) is 0.566. The van der Waals surface area contributed by atoms with Crippen LogP contribution in [0.3, 0.4) is 0 Å². The van der Waals surface area contributed by atoms with E-state index in [0.717, 1.165) is 11.4 Å². The Morgan fingerprint density at radius 1 is 1.12 bits per heavy atom. The number of aromatic carboxylic acids is 1. The number of para-hydroxylation sites is 2. The van der Waals surface area contributed by atoms with Gasteiger partial charge in [-0.25, -0.2) is 4.79 Å². The van der Waals surface area contributed by atoms with E-state index in [1.54, 1.807) is 12.3 Å².